The van der Waals surface area contributed by atoms with Crippen LogP contribution in [0.1, 0.15) is 84.6 Å². The van der Waals surface area contributed by atoms with Crippen molar-refractivity contribution in [2.75, 3.05) is 6.61 Å². The molecule has 1 aromatic heterocycles. The number of carbonyl (C=O) groups is 1. The number of aliphatic hydroxyl groups is 1. The predicted octanol–water partition coefficient (Wildman–Crippen LogP) is 4.76. The minimum absolute atomic E-state index is 0.117. The topological polar surface area (TPSA) is 62.2 Å². The molecule has 1 aromatic carbocycles. The van der Waals surface area contributed by atoms with Crippen LogP contribution in [0.2, 0.25) is 0 Å². The number of aromatic nitrogens is 1. The summed E-state index contributed by atoms with van der Waals surface area (Å²) < 4.78 is 0. The number of rotatable bonds is 4. The van der Waals surface area contributed by atoms with Crippen LogP contribution >= 0.6 is 0 Å². The number of aryl methyl sites for hydroxylation is 2. The van der Waals surface area contributed by atoms with E-state index in [-0.39, 0.29) is 12.5 Å². The number of hydrogen-bond donors (Lipinski definition) is 2. The molecule has 4 heteroatoms. The molecule has 1 amide bonds. The van der Waals surface area contributed by atoms with Gasteiger partial charge in [0.1, 0.15) is 0 Å². The minimum atomic E-state index is -0.399. The number of amides is 1. The van der Waals surface area contributed by atoms with Crippen LogP contribution in [0.15, 0.2) is 42.6 Å². The first-order chi connectivity index (χ1) is 13.8. The number of carbonyl (C=O) groups excluding carboxylic acids is 1. The van der Waals surface area contributed by atoms with Gasteiger partial charge in [-0.25, -0.2) is 0 Å². The van der Waals surface area contributed by atoms with Gasteiger partial charge in [0, 0.05) is 17.5 Å². The molecule has 150 valence electrons. The highest BCUT2D eigenvalue weighted by molar-refractivity contribution is 5.96. The van der Waals surface area contributed by atoms with Gasteiger partial charge < -0.3 is 10.4 Å². The standard InChI is InChI=1S/C24H32N2O2/c27-18-23(19-12-9-7-10-13-19)26-24(28)22-16-21-15-11-6-4-2-1-3-5-8-14-20(22)17-25-21/h7,9-10,12-13,16-17,23,27H,1-6,8,11,14-15,18H2,(H,26,28)/t23-/m1/s1. The lowest BCUT2D eigenvalue weighted by Crippen LogP contribution is -2.31. The molecule has 2 bridgehead atoms. The van der Waals surface area contributed by atoms with Gasteiger partial charge in [0.2, 0.25) is 0 Å². The van der Waals surface area contributed by atoms with Crippen LogP contribution in [-0.2, 0) is 12.8 Å². The number of nitrogens with zero attached hydrogens (tertiary/aromatic N) is 1. The lowest BCUT2D eigenvalue weighted by Gasteiger charge is -2.18. The Labute approximate surface area is 168 Å². The summed E-state index contributed by atoms with van der Waals surface area (Å²) in [5.74, 6) is -0.117. The van der Waals surface area contributed by atoms with Crippen molar-refractivity contribution >= 4 is 5.91 Å². The van der Waals surface area contributed by atoms with Crippen LogP contribution in [0.5, 0.6) is 0 Å². The Morgan fingerprint density at radius 1 is 0.964 bits per heavy atom. The molecule has 28 heavy (non-hydrogen) atoms. The number of fused-ring (bicyclic) bond motifs is 11. The van der Waals surface area contributed by atoms with Gasteiger partial charge in [0.15, 0.2) is 0 Å². The molecule has 2 aliphatic rings. The minimum Gasteiger partial charge on any atom is -0.394 e. The number of benzene rings is 1. The first-order valence-corrected chi connectivity index (χ1v) is 10.7. The molecule has 2 N–H and O–H groups in total. The molecule has 4 nitrogen and oxygen atoms in total. The average Bonchev–Trinajstić information content (AvgIpc) is 2.74. The van der Waals surface area contributed by atoms with Crippen LogP contribution in [0.25, 0.3) is 0 Å². The lowest BCUT2D eigenvalue weighted by atomic mass is 9.98. The average molecular weight is 381 g/mol. The van der Waals surface area contributed by atoms with Crippen molar-refractivity contribution in [3.05, 3.63) is 65.0 Å². The van der Waals surface area contributed by atoms with Gasteiger partial charge in [-0.2, -0.15) is 0 Å². The molecule has 0 radical (unpaired) electrons. The number of hydrogen-bond acceptors (Lipinski definition) is 3. The van der Waals surface area contributed by atoms with E-state index in [1.165, 1.54) is 38.5 Å². The highest BCUT2D eigenvalue weighted by Gasteiger charge is 2.18. The van der Waals surface area contributed by atoms with E-state index in [0.29, 0.717) is 0 Å². The summed E-state index contributed by atoms with van der Waals surface area (Å²) >= 11 is 0. The fraction of sp³-hybridized carbons (Fsp3) is 0.500. The summed E-state index contributed by atoms with van der Waals surface area (Å²) in [5.41, 5.74) is 3.64. The molecule has 1 atom stereocenters. The summed E-state index contributed by atoms with van der Waals surface area (Å²) in [6, 6.07) is 11.2. The molecule has 1 aliphatic carbocycles. The van der Waals surface area contributed by atoms with Crippen molar-refractivity contribution in [3.63, 3.8) is 0 Å². The van der Waals surface area contributed by atoms with E-state index in [1.54, 1.807) is 0 Å². The van der Waals surface area contributed by atoms with E-state index in [0.717, 1.165) is 48.1 Å². The SMILES string of the molecule is O=C(N[C@H](CO)c1ccccc1)c1cc2ncc1CCCCCCCCCC2. The van der Waals surface area contributed by atoms with Gasteiger partial charge in [0.25, 0.3) is 5.91 Å². The highest BCUT2D eigenvalue weighted by atomic mass is 16.3. The van der Waals surface area contributed by atoms with Gasteiger partial charge in [-0.05, 0) is 42.9 Å². The Morgan fingerprint density at radius 2 is 1.61 bits per heavy atom. The van der Waals surface area contributed by atoms with E-state index in [1.807, 2.05) is 42.6 Å². The summed E-state index contributed by atoms with van der Waals surface area (Å²) in [5, 5.41) is 12.8. The molecule has 2 aromatic rings. The molecule has 0 fully saturated rings. The summed E-state index contributed by atoms with van der Waals surface area (Å²) in [6.45, 7) is -0.122. The number of pyridine rings is 1. The maximum atomic E-state index is 13.1. The van der Waals surface area contributed by atoms with Crippen molar-refractivity contribution in [1.29, 1.82) is 0 Å². The Kier molecular flexibility index (Phi) is 8.04. The van der Waals surface area contributed by atoms with Crippen LogP contribution in [0, 0.1) is 0 Å². The molecular formula is C24H32N2O2. The van der Waals surface area contributed by atoms with E-state index in [9.17, 15) is 9.90 Å². The number of aliphatic hydroxyl groups excluding tert-OH is 1. The van der Waals surface area contributed by atoms with Gasteiger partial charge in [0.05, 0.1) is 12.6 Å². The van der Waals surface area contributed by atoms with Gasteiger partial charge in [-0.1, -0.05) is 68.9 Å². The molecule has 0 spiro atoms. The van der Waals surface area contributed by atoms with Crippen LogP contribution < -0.4 is 5.32 Å². The summed E-state index contributed by atoms with van der Waals surface area (Å²) in [6.07, 6.45) is 13.5. The Hall–Kier alpha value is -2.20. The van der Waals surface area contributed by atoms with Crippen LogP contribution in [0.3, 0.4) is 0 Å². The largest absolute Gasteiger partial charge is 0.394 e. The number of nitrogens with one attached hydrogen (secondary N) is 1. The van der Waals surface area contributed by atoms with E-state index >= 15 is 0 Å². The third-order valence-electron chi connectivity index (χ3n) is 5.61. The molecular weight excluding hydrogens is 348 g/mol. The third kappa shape index (κ3) is 5.90. The van der Waals surface area contributed by atoms with Crippen LogP contribution in [0.4, 0.5) is 0 Å². The lowest BCUT2D eigenvalue weighted by molar-refractivity contribution is 0.0915. The zero-order chi connectivity index (χ0) is 19.6. The Bertz CT molecular complexity index is 746. The molecule has 0 saturated heterocycles. The summed E-state index contributed by atoms with van der Waals surface area (Å²) in [4.78, 5) is 17.7. The predicted molar refractivity (Wildman–Crippen MR) is 112 cm³/mol. The fourth-order valence-corrected chi connectivity index (χ4v) is 3.91. The van der Waals surface area contributed by atoms with Crippen molar-refractivity contribution < 1.29 is 9.90 Å². The Morgan fingerprint density at radius 3 is 2.29 bits per heavy atom. The van der Waals surface area contributed by atoms with E-state index in [2.05, 4.69) is 10.3 Å². The maximum absolute atomic E-state index is 13.1. The van der Waals surface area contributed by atoms with Gasteiger partial charge in [-0.3, -0.25) is 9.78 Å². The Balaban J connectivity index is 1.79. The van der Waals surface area contributed by atoms with Crippen molar-refractivity contribution in [1.82, 2.24) is 10.3 Å². The third-order valence-corrected chi connectivity index (χ3v) is 5.61. The van der Waals surface area contributed by atoms with E-state index in [4.69, 9.17) is 0 Å². The highest BCUT2D eigenvalue weighted by Crippen LogP contribution is 2.20. The van der Waals surface area contributed by atoms with Crippen molar-refractivity contribution in [2.45, 2.75) is 70.3 Å². The smallest absolute Gasteiger partial charge is 0.252 e. The first-order valence-electron chi connectivity index (χ1n) is 10.7. The molecule has 2 heterocycles. The first kappa shape index (κ1) is 20.5. The fourth-order valence-electron chi connectivity index (χ4n) is 3.91. The van der Waals surface area contributed by atoms with Crippen molar-refractivity contribution in [2.24, 2.45) is 0 Å². The quantitative estimate of drug-likeness (QED) is 0.803. The maximum Gasteiger partial charge on any atom is 0.252 e. The second-order valence-corrected chi connectivity index (χ2v) is 7.78. The van der Waals surface area contributed by atoms with Gasteiger partial charge >= 0.3 is 0 Å². The molecule has 0 unspecified atom stereocenters. The molecule has 1 aliphatic heterocycles. The normalized spacial score (nSPS) is 16.9. The second-order valence-electron chi connectivity index (χ2n) is 7.78. The molecule has 0 saturated carbocycles. The van der Waals surface area contributed by atoms with Gasteiger partial charge in [-0.15, -0.1) is 0 Å². The monoisotopic (exact) mass is 380 g/mol. The zero-order valence-electron chi connectivity index (χ0n) is 16.7. The van der Waals surface area contributed by atoms with Crippen molar-refractivity contribution in [3.8, 4) is 0 Å². The van der Waals surface area contributed by atoms with Crippen LogP contribution in [-0.4, -0.2) is 22.6 Å². The zero-order valence-corrected chi connectivity index (χ0v) is 16.7. The van der Waals surface area contributed by atoms with E-state index < -0.39 is 6.04 Å². The molecule has 4 rings (SSSR count). The second kappa shape index (κ2) is 11.0. The summed E-state index contributed by atoms with van der Waals surface area (Å²) in [7, 11) is 0.